The van der Waals surface area contributed by atoms with Crippen molar-refractivity contribution >= 4 is 17.1 Å². The molecule has 0 radical (unpaired) electrons. The van der Waals surface area contributed by atoms with Gasteiger partial charge in [0.1, 0.15) is 6.20 Å². The maximum Gasteiger partial charge on any atom is 0.324 e. The minimum Gasteiger partial charge on any atom is -0.721 e. The van der Waals surface area contributed by atoms with Crippen LogP contribution in [0, 0.1) is 5.21 Å². The molecule has 6 heteroatoms. The molecule has 0 saturated heterocycles. The highest BCUT2D eigenvalue weighted by Crippen LogP contribution is 2.04. The summed E-state index contributed by atoms with van der Waals surface area (Å²) >= 11 is 0. The van der Waals surface area contributed by atoms with Crippen LogP contribution < -0.4 is 4.85 Å². The van der Waals surface area contributed by atoms with Gasteiger partial charge < -0.3 is 5.21 Å². The standard InChI is InChI=1S/C7H6N4O2/c1-5(12)10-6-3-2-4-8-7(6)11(13)9-10/h2-4H,1H3. The summed E-state index contributed by atoms with van der Waals surface area (Å²) in [7, 11) is 0. The summed E-state index contributed by atoms with van der Waals surface area (Å²) in [6, 6.07) is 3.26. The average Bonchev–Trinajstić information content (AvgIpc) is 2.45. The Morgan fingerprint density at radius 1 is 1.69 bits per heavy atom. The van der Waals surface area contributed by atoms with Crippen LogP contribution in [0.15, 0.2) is 18.3 Å². The van der Waals surface area contributed by atoms with Crippen molar-refractivity contribution in [3.05, 3.63) is 23.5 Å². The first-order chi connectivity index (χ1) is 6.20. The second-order valence-electron chi connectivity index (χ2n) is 2.54. The highest BCUT2D eigenvalue weighted by Gasteiger charge is 2.16. The molecule has 0 unspecified atom stereocenters. The molecular weight excluding hydrogens is 172 g/mol. The topological polar surface area (TPSA) is 74.7 Å². The van der Waals surface area contributed by atoms with E-state index in [4.69, 9.17) is 0 Å². The van der Waals surface area contributed by atoms with Crippen LogP contribution in [0.2, 0.25) is 0 Å². The van der Waals surface area contributed by atoms with Gasteiger partial charge >= 0.3 is 11.6 Å². The van der Waals surface area contributed by atoms with Gasteiger partial charge in [-0.15, -0.1) is 9.83 Å². The quantitative estimate of drug-likeness (QED) is 0.411. The molecular formula is C7H6N4O2. The SMILES string of the molecule is CC(=O)n1n[n+]([O-])c2ncccc21. The number of nitrogens with zero attached hydrogens (tertiary/aromatic N) is 4. The van der Waals surface area contributed by atoms with E-state index in [-0.39, 0.29) is 11.6 Å². The Kier molecular flexibility index (Phi) is 1.48. The number of hydrogen-bond acceptors (Lipinski definition) is 4. The molecule has 0 aromatic carbocycles. The van der Waals surface area contributed by atoms with E-state index in [1.165, 1.54) is 13.1 Å². The molecule has 0 aliphatic heterocycles. The van der Waals surface area contributed by atoms with Gasteiger partial charge in [-0.2, -0.15) is 0 Å². The minimum atomic E-state index is -0.312. The van der Waals surface area contributed by atoms with Crippen molar-refractivity contribution in [2.75, 3.05) is 0 Å². The summed E-state index contributed by atoms with van der Waals surface area (Å²) in [5, 5.41) is 14.5. The first-order valence-corrected chi connectivity index (χ1v) is 3.64. The predicted octanol–water partition coefficient (Wildman–Crippen LogP) is -0.275. The zero-order chi connectivity index (χ0) is 9.42. The molecule has 13 heavy (non-hydrogen) atoms. The maximum atomic E-state index is 11.1. The fourth-order valence-electron chi connectivity index (χ4n) is 1.11. The number of carbonyl (C=O) groups is 1. The second-order valence-corrected chi connectivity index (χ2v) is 2.54. The van der Waals surface area contributed by atoms with Gasteiger partial charge in [0.25, 0.3) is 0 Å². The lowest BCUT2D eigenvalue weighted by Gasteiger charge is -1.89. The lowest BCUT2D eigenvalue weighted by atomic mass is 10.4. The predicted molar refractivity (Wildman–Crippen MR) is 42.8 cm³/mol. The van der Waals surface area contributed by atoms with Crippen molar-refractivity contribution in [1.29, 1.82) is 0 Å². The van der Waals surface area contributed by atoms with E-state index in [0.717, 1.165) is 4.68 Å². The smallest absolute Gasteiger partial charge is 0.324 e. The minimum absolute atomic E-state index is 0.151. The van der Waals surface area contributed by atoms with Crippen LogP contribution in [0.25, 0.3) is 11.2 Å². The Bertz CT molecular complexity index is 476. The summed E-state index contributed by atoms with van der Waals surface area (Å²) in [5.74, 6) is -0.312. The van der Waals surface area contributed by atoms with E-state index < -0.39 is 0 Å². The summed E-state index contributed by atoms with van der Waals surface area (Å²) in [4.78, 5) is 15.1. The molecule has 0 atom stereocenters. The number of pyridine rings is 1. The maximum absolute atomic E-state index is 11.1. The molecule has 0 saturated carbocycles. The van der Waals surface area contributed by atoms with Gasteiger partial charge in [0.05, 0.1) is 0 Å². The van der Waals surface area contributed by atoms with Crippen molar-refractivity contribution in [2.24, 2.45) is 0 Å². The van der Waals surface area contributed by atoms with Gasteiger partial charge in [0, 0.05) is 12.1 Å². The number of carbonyl (C=O) groups excluding carboxylic acids is 1. The van der Waals surface area contributed by atoms with Crippen molar-refractivity contribution in [1.82, 2.24) is 14.9 Å². The molecule has 0 aliphatic rings. The molecule has 0 fully saturated rings. The van der Waals surface area contributed by atoms with Crippen LogP contribution in [0.4, 0.5) is 0 Å². The Labute approximate surface area is 73.0 Å². The highest BCUT2D eigenvalue weighted by atomic mass is 16.5. The molecule has 66 valence electrons. The Morgan fingerprint density at radius 2 is 2.46 bits per heavy atom. The zero-order valence-corrected chi connectivity index (χ0v) is 6.84. The van der Waals surface area contributed by atoms with E-state index in [9.17, 15) is 10.0 Å². The largest absolute Gasteiger partial charge is 0.721 e. The lowest BCUT2D eigenvalue weighted by Crippen LogP contribution is -2.31. The zero-order valence-electron chi connectivity index (χ0n) is 6.84. The molecule has 2 aromatic heterocycles. The highest BCUT2D eigenvalue weighted by molar-refractivity contribution is 5.84. The van der Waals surface area contributed by atoms with Crippen LogP contribution in [0.1, 0.15) is 11.7 Å². The first-order valence-electron chi connectivity index (χ1n) is 3.64. The van der Waals surface area contributed by atoms with Crippen LogP contribution in [0.3, 0.4) is 0 Å². The van der Waals surface area contributed by atoms with Crippen molar-refractivity contribution in [3.63, 3.8) is 0 Å². The molecule has 2 heterocycles. The molecule has 0 bridgehead atoms. The lowest BCUT2D eigenvalue weighted by molar-refractivity contribution is -0.647. The van der Waals surface area contributed by atoms with Gasteiger partial charge in [0.2, 0.25) is 5.52 Å². The third-order valence-electron chi connectivity index (χ3n) is 1.64. The van der Waals surface area contributed by atoms with E-state index in [1.807, 2.05) is 0 Å². The van der Waals surface area contributed by atoms with E-state index in [1.54, 1.807) is 12.1 Å². The molecule has 2 rings (SSSR count). The van der Waals surface area contributed by atoms with E-state index in [0.29, 0.717) is 10.4 Å². The third kappa shape index (κ3) is 1.03. The summed E-state index contributed by atoms with van der Waals surface area (Å²) in [6.07, 6.45) is 1.48. The normalized spacial score (nSPS) is 10.5. The summed E-state index contributed by atoms with van der Waals surface area (Å²) in [6.45, 7) is 1.33. The monoisotopic (exact) mass is 178 g/mol. The van der Waals surface area contributed by atoms with E-state index >= 15 is 0 Å². The Balaban J connectivity index is 2.85. The fourth-order valence-corrected chi connectivity index (χ4v) is 1.11. The van der Waals surface area contributed by atoms with Gasteiger partial charge in [-0.3, -0.25) is 4.79 Å². The number of hydrogen-bond donors (Lipinski definition) is 0. The Morgan fingerprint density at radius 3 is 3.15 bits per heavy atom. The first kappa shape index (κ1) is 7.66. The average molecular weight is 178 g/mol. The Hall–Kier alpha value is -1.98. The van der Waals surface area contributed by atoms with Crippen molar-refractivity contribution < 1.29 is 9.64 Å². The molecule has 0 N–H and O–H groups in total. The molecule has 0 amide bonds. The molecule has 6 nitrogen and oxygen atoms in total. The van der Waals surface area contributed by atoms with Gasteiger partial charge in [-0.25, -0.2) is 0 Å². The molecule has 0 spiro atoms. The van der Waals surface area contributed by atoms with Gasteiger partial charge in [0.15, 0.2) is 0 Å². The number of aromatic nitrogens is 4. The van der Waals surface area contributed by atoms with Crippen molar-refractivity contribution in [2.45, 2.75) is 6.92 Å². The summed E-state index contributed by atoms with van der Waals surface area (Å²) in [5.41, 5.74) is 0.572. The second kappa shape index (κ2) is 2.51. The number of fused-ring (bicyclic) bond motifs is 1. The van der Waals surface area contributed by atoms with Crippen LogP contribution in [-0.2, 0) is 0 Å². The van der Waals surface area contributed by atoms with Crippen LogP contribution in [0.5, 0.6) is 0 Å². The third-order valence-corrected chi connectivity index (χ3v) is 1.64. The van der Waals surface area contributed by atoms with Gasteiger partial charge in [-0.1, -0.05) is 4.68 Å². The van der Waals surface area contributed by atoms with Crippen LogP contribution in [-0.4, -0.2) is 20.8 Å². The summed E-state index contributed by atoms with van der Waals surface area (Å²) < 4.78 is 1.02. The fraction of sp³-hybridized carbons (Fsp3) is 0.143. The van der Waals surface area contributed by atoms with E-state index in [2.05, 4.69) is 10.2 Å². The number of rotatable bonds is 0. The molecule has 0 aliphatic carbocycles. The van der Waals surface area contributed by atoms with Crippen LogP contribution >= 0.6 is 0 Å². The van der Waals surface area contributed by atoms with Gasteiger partial charge in [-0.05, 0) is 12.1 Å². The van der Waals surface area contributed by atoms with Crippen molar-refractivity contribution in [3.8, 4) is 0 Å². The molecule has 2 aromatic rings.